The minimum absolute atomic E-state index is 0.152. The van der Waals surface area contributed by atoms with Crippen molar-refractivity contribution >= 4 is 27.3 Å². The van der Waals surface area contributed by atoms with Crippen molar-refractivity contribution in [3.8, 4) is 6.07 Å². The van der Waals surface area contributed by atoms with Crippen LogP contribution in [-0.2, 0) is 16.4 Å². The number of nitriles is 1. The maximum absolute atomic E-state index is 13.0. The van der Waals surface area contributed by atoms with E-state index in [1.807, 2.05) is 6.92 Å². The van der Waals surface area contributed by atoms with Gasteiger partial charge < -0.3 is 5.32 Å². The number of hydrogen-bond donors (Lipinski definition) is 1. The number of nitrogens with one attached hydrogen (secondary N) is 1. The summed E-state index contributed by atoms with van der Waals surface area (Å²) >= 11 is 0. The molecule has 1 N–H and O–H groups in total. The van der Waals surface area contributed by atoms with Gasteiger partial charge in [0.05, 0.1) is 28.6 Å². The van der Waals surface area contributed by atoms with Crippen LogP contribution in [0.4, 0.5) is 11.4 Å². The van der Waals surface area contributed by atoms with Gasteiger partial charge in [-0.3, -0.25) is 9.10 Å². The second-order valence-electron chi connectivity index (χ2n) is 6.79. The van der Waals surface area contributed by atoms with E-state index in [2.05, 4.69) is 11.4 Å². The van der Waals surface area contributed by atoms with Gasteiger partial charge in [-0.1, -0.05) is 42.0 Å². The second-order valence-corrected chi connectivity index (χ2v) is 8.76. The maximum atomic E-state index is 13.0. The van der Waals surface area contributed by atoms with Gasteiger partial charge in [0.1, 0.15) is 0 Å². The molecule has 0 aromatic heterocycles. The van der Waals surface area contributed by atoms with Crippen molar-refractivity contribution < 1.29 is 13.2 Å². The van der Waals surface area contributed by atoms with Crippen LogP contribution in [0.1, 0.15) is 21.5 Å². The molecular weight excluding hydrogens is 398 g/mol. The molecule has 3 rings (SSSR count). The molecular formula is C23H21N3O3S. The topological polar surface area (TPSA) is 90.3 Å². The van der Waals surface area contributed by atoms with Gasteiger partial charge in [-0.15, -0.1) is 0 Å². The zero-order chi connectivity index (χ0) is 21.7. The largest absolute Gasteiger partial charge is 0.322 e. The third-order valence-corrected chi connectivity index (χ3v) is 6.45. The fraction of sp³-hybridized carbons (Fsp3) is 0.130. The molecule has 6 nitrogen and oxygen atoms in total. The molecule has 7 heteroatoms. The van der Waals surface area contributed by atoms with E-state index in [0.29, 0.717) is 12.1 Å². The molecule has 30 heavy (non-hydrogen) atoms. The number of carbonyl (C=O) groups is 1. The summed E-state index contributed by atoms with van der Waals surface area (Å²) in [6, 6.07) is 22.1. The second kappa shape index (κ2) is 8.80. The fourth-order valence-electron chi connectivity index (χ4n) is 2.93. The minimum Gasteiger partial charge on any atom is -0.322 e. The average molecular weight is 420 g/mol. The third kappa shape index (κ3) is 4.50. The first kappa shape index (κ1) is 21.1. The molecule has 0 spiro atoms. The molecule has 0 atom stereocenters. The quantitative estimate of drug-likeness (QED) is 0.650. The zero-order valence-corrected chi connectivity index (χ0v) is 17.5. The van der Waals surface area contributed by atoms with Crippen LogP contribution in [0, 0.1) is 18.3 Å². The molecule has 152 valence electrons. The summed E-state index contributed by atoms with van der Waals surface area (Å²) in [5.74, 6) is -0.426. The Morgan fingerprint density at radius 3 is 2.27 bits per heavy atom. The Bertz CT molecular complexity index is 1200. The molecule has 0 unspecified atom stereocenters. The molecule has 0 saturated carbocycles. The number of anilines is 2. The van der Waals surface area contributed by atoms with Crippen LogP contribution in [-0.4, -0.2) is 21.4 Å². The Morgan fingerprint density at radius 1 is 1.00 bits per heavy atom. The molecule has 1 amide bonds. The highest BCUT2D eigenvalue weighted by atomic mass is 32.2. The first-order valence-corrected chi connectivity index (χ1v) is 10.7. The zero-order valence-electron chi connectivity index (χ0n) is 16.7. The van der Waals surface area contributed by atoms with E-state index in [0.717, 1.165) is 15.4 Å². The van der Waals surface area contributed by atoms with Crippen molar-refractivity contribution in [2.24, 2.45) is 0 Å². The monoisotopic (exact) mass is 419 g/mol. The summed E-state index contributed by atoms with van der Waals surface area (Å²) in [5, 5.41) is 11.5. The number of carbonyl (C=O) groups excluding carboxylic acids is 1. The normalized spacial score (nSPS) is 10.8. The highest BCUT2D eigenvalue weighted by Crippen LogP contribution is 2.26. The van der Waals surface area contributed by atoms with Gasteiger partial charge in [-0.2, -0.15) is 5.26 Å². The molecule has 0 aliphatic carbocycles. The lowest BCUT2D eigenvalue weighted by atomic mass is 10.1. The molecule has 3 aromatic rings. The molecule has 0 heterocycles. The third-order valence-electron chi connectivity index (χ3n) is 4.66. The van der Waals surface area contributed by atoms with Crippen molar-refractivity contribution in [1.29, 1.82) is 5.26 Å². The number of sulfonamides is 1. The van der Waals surface area contributed by atoms with Gasteiger partial charge in [0.25, 0.3) is 15.9 Å². The number of aryl methyl sites for hydroxylation is 1. The van der Waals surface area contributed by atoms with Crippen LogP contribution < -0.4 is 9.62 Å². The lowest BCUT2D eigenvalue weighted by molar-refractivity contribution is 0.102. The first-order valence-electron chi connectivity index (χ1n) is 9.25. The summed E-state index contributed by atoms with van der Waals surface area (Å²) in [6.07, 6.45) is 0.290. The van der Waals surface area contributed by atoms with Crippen LogP contribution in [0.15, 0.2) is 77.7 Å². The molecule has 0 fully saturated rings. The van der Waals surface area contributed by atoms with Crippen molar-refractivity contribution in [2.75, 3.05) is 16.7 Å². The Morgan fingerprint density at radius 2 is 1.63 bits per heavy atom. The molecule has 0 aliphatic heterocycles. The van der Waals surface area contributed by atoms with Crippen molar-refractivity contribution in [3.05, 3.63) is 89.5 Å². The van der Waals surface area contributed by atoms with Crippen LogP contribution in [0.2, 0.25) is 0 Å². The highest BCUT2D eigenvalue weighted by Gasteiger charge is 2.25. The van der Waals surface area contributed by atoms with E-state index in [1.54, 1.807) is 72.8 Å². The number of nitrogens with zero attached hydrogens (tertiary/aromatic N) is 2. The SMILES string of the molecule is Cc1ccc(S(=O)(=O)N(C)c2ccccc2C(=O)Nc2ccc(CC#N)cc2)cc1. The average Bonchev–Trinajstić information content (AvgIpc) is 2.75. The van der Waals surface area contributed by atoms with Gasteiger partial charge in [0, 0.05) is 12.7 Å². The van der Waals surface area contributed by atoms with E-state index in [-0.39, 0.29) is 16.1 Å². The summed E-state index contributed by atoms with van der Waals surface area (Å²) < 4.78 is 27.2. The van der Waals surface area contributed by atoms with E-state index in [4.69, 9.17) is 5.26 Å². The predicted octanol–water partition coefficient (Wildman–Crippen LogP) is 4.14. The number of benzene rings is 3. The first-order chi connectivity index (χ1) is 14.3. The number of amides is 1. The Kier molecular flexibility index (Phi) is 6.19. The summed E-state index contributed by atoms with van der Waals surface area (Å²) in [7, 11) is -2.40. The molecule has 0 saturated heterocycles. The van der Waals surface area contributed by atoms with Crippen molar-refractivity contribution in [1.82, 2.24) is 0 Å². The van der Waals surface area contributed by atoms with Gasteiger partial charge in [0.2, 0.25) is 0 Å². The number of hydrogen-bond acceptors (Lipinski definition) is 4. The molecule has 0 radical (unpaired) electrons. The van der Waals surface area contributed by atoms with Gasteiger partial charge in [-0.05, 0) is 48.9 Å². The molecule has 3 aromatic carbocycles. The Balaban J connectivity index is 1.88. The van der Waals surface area contributed by atoms with Crippen LogP contribution in [0.5, 0.6) is 0 Å². The van der Waals surface area contributed by atoms with Gasteiger partial charge in [0.15, 0.2) is 0 Å². The van der Waals surface area contributed by atoms with Gasteiger partial charge in [-0.25, -0.2) is 8.42 Å². The molecule has 0 bridgehead atoms. The van der Waals surface area contributed by atoms with E-state index in [9.17, 15) is 13.2 Å². The summed E-state index contributed by atoms with van der Waals surface area (Å²) in [4.78, 5) is 13.0. The predicted molar refractivity (Wildman–Crippen MR) is 117 cm³/mol. The van der Waals surface area contributed by atoms with E-state index in [1.165, 1.54) is 7.05 Å². The lowest BCUT2D eigenvalue weighted by Gasteiger charge is -2.22. The van der Waals surface area contributed by atoms with E-state index >= 15 is 0 Å². The smallest absolute Gasteiger partial charge is 0.264 e. The van der Waals surface area contributed by atoms with Crippen molar-refractivity contribution in [3.63, 3.8) is 0 Å². The van der Waals surface area contributed by atoms with E-state index < -0.39 is 15.9 Å². The fourth-order valence-corrected chi connectivity index (χ4v) is 4.15. The highest BCUT2D eigenvalue weighted by molar-refractivity contribution is 7.92. The molecule has 0 aliphatic rings. The number of rotatable bonds is 6. The lowest BCUT2D eigenvalue weighted by Crippen LogP contribution is -2.29. The summed E-state index contributed by atoms with van der Waals surface area (Å²) in [6.45, 7) is 1.88. The van der Waals surface area contributed by atoms with Gasteiger partial charge >= 0.3 is 0 Å². The Labute approximate surface area is 176 Å². The van der Waals surface area contributed by atoms with Crippen LogP contribution in [0.25, 0.3) is 0 Å². The standard InChI is InChI=1S/C23H21N3O3S/c1-17-7-13-20(14-8-17)30(28,29)26(2)22-6-4-3-5-21(22)23(27)25-19-11-9-18(10-12-19)15-16-24/h3-14H,15H2,1-2H3,(H,25,27). The number of para-hydroxylation sites is 1. The van der Waals surface area contributed by atoms with Crippen LogP contribution >= 0.6 is 0 Å². The minimum atomic E-state index is -3.83. The van der Waals surface area contributed by atoms with Crippen LogP contribution in [0.3, 0.4) is 0 Å². The summed E-state index contributed by atoms with van der Waals surface area (Å²) in [5.41, 5.74) is 2.87. The maximum Gasteiger partial charge on any atom is 0.264 e. The van der Waals surface area contributed by atoms with Crippen molar-refractivity contribution in [2.45, 2.75) is 18.2 Å². The Hall–Kier alpha value is -3.63.